The minimum absolute atomic E-state index is 0.0766. The first-order valence-electron chi connectivity index (χ1n) is 9.57. The molecule has 2 amide bonds. The molecule has 4 aliphatic rings. The van der Waals surface area contributed by atoms with Crippen LogP contribution in [-0.2, 0) is 14.3 Å². The van der Waals surface area contributed by atoms with Crippen molar-refractivity contribution >= 4 is 11.8 Å². The molecule has 3 fully saturated rings. The van der Waals surface area contributed by atoms with Gasteiger partial charge in [-0.25, -0.2) is 0 Å². The number of amides is 2. The first kappa shape index (κ1) is 16.1. The van der Waals surface area contributed by atoms with Crippen molar-refractivity contribution in [3.05, 3.63) is 12.2 Å². The number of hydrogen-bond donors (Lipinski definition) is 0. The average molecular weight is 332 g/mol. The van der Waals surface area contributed by atoms with Gasteiger partial charge in [-0.1, -0.05) is 12.2 Å². The SMILES string of the molecule is O=C(CN(CC1CCCO1)C(=O)C1CC2C=CC1C2)N1CCCC1. The van der Waals surface area contributed by atoms with Crippen molar-refractivity contribution in [2.75, 3.05) is 32.8 Å². The molecule has 24 heavy (non-hydrogen) atoms. The van der Waals surface area contributed by atoms with Crippen molar-refractivity contribution in [3.63, 3.8) is 0 Å². The molecular formula is C19H28N2O3. The van der Waals surface area contributed by atoms with Crippen LogP contribution in [0.2, 0.25) is 0 Å². The van der Waals surface area contributed by atoms with Crippen molar-refractivity contribution in [1.82, 2.24) is 9.80 Å². The highest BCUT2D eigenvalue weighted by Crippen LogP contribution is 2.44. The summed E-state index contributed by atoms with van der Waals surface area (Å²) in [5, 5.41) is 0. The molecule has 2 aliphatic heterocycles. The molecule has 0 aromatic heterocycles. The Bertz CT molecular complexity index is 521. The van der Waals surface area contributed by atoms with Gasteiger partial charge in [-0.05, 0) is 50.4 Å². The summed E-state index contributed by atoms with van der Waals surface area (Å²) >= 11 is 0. The van der Waals surface area contributed by atoms with Crippen LogP contribution in [0.3, 0.4) is 0 Å². The Morgan fingerprint density at radius 2 is 1.96 bits per heavy atom. The van der Waals surface area contributed by atoms with E-state index in [-0.39, 0.29) is 30.4 Å². The van der Waals surface area contributed by atoms with Gasteiger partial charge in [0.05, 0.1) is 12.6 Å². The molecular weight excluding hydrogens is 304 g/mol. The molecule has 132 valence electrons. The molecule has 2 heterocycles. The van der Waals surface area contributed by atoms with E-state index >= 15 is 0 Å². The second-order valence-corrected chi connectivity index (χ2v) is 7.83. The van der Waals surface area contributed by atoms with Crippen LogP contribution in [0.25, 0.3) is 0 Å². The van der Waals surface area contributed by atoms with Crippen LogP contribution in [0.1, 0.15) is 38.5 Å². The number of rotatable bonds is 5. The Balaban J connectivity index is 1.43. The first-order valence-corrected chi connectivity index (χ1v) is 9.57. The fourth-order valence-corrected chi connectivity index (χ4v) is 4.80. The molecule has 5 heteroatoms. The lowest BCUT2D eigenvalue weighted by Crippen LogP contribution is -2.47. The second-order valence-electron chi connectivity index (χ2n) is 7.83. The fraction of sp³-hybridized carbons (Fsp3) is 0.789. The summed E-state index contributed by atoms with van der Waals surface area (Å²) in [6, 6.07) is 0. The van der Waals surface area contributed by atoms with Gasteiger partial charge in [0.25, 0.3) is 0 Å². The topological polar surface area (TPSA) is 49.9 Å². The van der Waals surface area contributed by atoms with Gasteiger partial charge >= 0.3 is 0 Å². The molecule has 0 aromatic carbocycles. The second kappa shape index (κ2) is 6.87. The Hall–Kier alpha value is -1.36. The van der Waals surface area contributed by atoms with Gasteiger partial charge in [-0.15, -0.1) is 0 Å². The van der Waals surface area contributed by atoms with Gasteiger partial charge in [0.15, 0.2) is 0 Å². The maximum Gasteiger partial charge on any atom is 0.242 e. The number of ether oxygens (including phenoxy) is 1. The Morgan fingerprint density at radius 1 is 1.12 bits per heavy atom. The van der Waals surface area contributed by atoms with Crippen LogP contribution in [-0.4, -0.2) is 60.5 Å². The summed E-state index contributed by atoms with van der Waals surface area (Å²) in [5.41, 5.74) is 0. The largest absolute Gasteiger partial charge is 0.376 e. The van der Waals surface area contributed by atoms with Gasteiger partial charge < -0.3 is 14.5 Å². The van der Waals surface area contributed by atoms with Gasteiger partial charge in [-0.3, -0.25) is 9.59 Å². The lowest BCUT2D eigenvalue weighted by atomic mass is 9.92. The normalized spacial score (nSPS) is 34.2. The summed E-state index contributed by atoms with van der Waals surface area (Å²) in [6.45, 7) is 3.28. The Labute approximate surface area is 144 Å². The standard InChI is InChI=1S/C19H28N2O3/c22-18(20-7-1-2-8-20)13-21(12-16-4-3-9-24-16)19(23)17-11-14-5-6-15(17)10-14/h5-6,14-17H,1-4,7-13H2. The van der Waals surface area contributed by atoms with E-state index in [0.29, 0.717) is 18.4 Å². The molecule has 0 aromatic rings. The molecule has 0 radical (unpaired) electrons. The molecule has 4 unspecified atom stereocenters. The van der Waals surface area contributed by atoms with Crippen LogP contribution >= 0.6 is 0 Å². The molecule has 2 aliphatic carbocycles. The van der Waals surface area contributed by atoms with Gasteiger partial charge in [0.1, 0.15) is 0 Å². The number of allylic oxidation sites excluding steroid dienone is 2. The molecule has 2 saturated heterocycles. The number of hydrogen-bond acceptors (Lipinski definition) is 3. The summed E-state index contributed by atoms with van der Waals surface area (Å²) < 4.78 is 5.73. The lowest BCUT2D eigenvalue weighted by molar-refractivity contribution is -0.144. The van der Waals surface area contributed by atoms with Crippen molar-refractivity contribution in [2.24, 2.45) is 17.8 Å². The van der Waals surface area contributed by atoms with Crippen molar-refractivity contribution in [3.8, 4) is 0 Å². The maximum absolute atomic E-state index is 13.1. The average Bonchev–Trinajstić information content (AvgIpc) is 3.38. The summed E-state index contributed by atoms with van der Waals surface area (Å²) in [4.78, 5) is 29.5. The molecule has 4 atom stereocenters. The van der Waals surface area contributed by atoms with Crippen LogP contribution in [0.15, 0.2) is 12.2 Å². The molecule has 4 rings (SSSR count). The molecule has 5 nitrogen and oxygen atoms in total. The third-order valence-electron chi connectivity index (χ3n) is 6.14. The smallest absolute Gasteiger partial charge is 0.242 e. The van der Waals surface area contributed by atoms with E-state index in [9.17, 15) is 9.59 Å². The zero-order valence-corrected chi connectivity index (χ0v) is 14.4. The Kier molecular flexibility index (Phi) is 4.61. The molecule has 0 N–H and O–H groups in total. The number of fused-ring (bicyclic) bond motifs is 2. The number of likely N-dealkylation sites (tertiary alicyclic amines) is 1. The van der Waals surface area contributed by atoms with E-state index in [1.807, 2.05) is 9.80 Å². The van der Waals surface area contributed by atoms with Crippen LogP contribution in [0.4, 0.5) is 0 Å². The first-order chi connectivity index (χ1) is 11.7. The minimum atomic E-state index is 0.0766. The highest BCUT2D eigenvalue weighted by atomic mass is 16.5. The van der Waals surface area contributed by atoms with E-state index in [4.69, 9.17) is 4.74 Å². The molecule has 1 saturated carbocycles. The van der Waals surface area contributed by atoms with Crippen LogP contribution < -0.4 is 0 Å². The molecule has 0 spiro atoms. The zero-order valence-electron chi connectivity index (χ0n) is 14.4. The third-order valence-corrected chi connectivity index (χ3v) is 6.14. The van der Waals surface area contributed by atoms with E-state index in [1.54, 1.807) is 0 Å². The third kappa shape index (κ3) is 3.23. The highest BCUT2D eigenvalue weighted by Gasteiger charge is 2.42. The van der Waals surface area contributed by atoms with E-state index in [1.165, 1.54) is 0 Å². The monoisotopic (exact) mass is 332 g/mol. The van der Waals surface area contributed by atoms with Crippen LogP contribution in [0.5, 0.6) is 0 Å². The summed E-state index contributed by atoms with van der Waals surface area (Å²) in [6.07, 6.45) is 10.9. The van der Waals surface area contributed by atoms with Gasteiger partial charge in [-0.2, -0.15) is 0 Å². The van der Waals surface area contributed by atoms with E-state index < -0.39 is 0 Å². The number of carbonyl (C=O) groups excluding carboxylic acids is 2. The highest BCUT2D eigenvalue weighted by molar-refractivity contribution is 5.86. The summed E-state index contributed by atoms with van der Waals surface area (Å²) in [7, 11) is 0. The number of carbonyl (C=O) groups is 2. The minimum Gasteiger partial charge on any atom is -0.376 e. The Morgan fingerprint density at radius 3 is 2.58 bits per heavy atom. The van der Waals surface area contributed by atoms with Crippen molar-refractivity contribution in [1.29, 1.82) is 0 Å². The maximum atomic E-state index is 13.1. The van der Waals surface area contributed by atoms with E-state index in [0.717, 1.165) is 58.2 Å². The lowest BCUT2D eigenvalue weighted by Gasteiger charge is -2.31. The van der Waals surface area contributed by atoms with Gasteiger partial charge in [0, 0.05) is 32.2 Å². The van der Waals surface area contributed by atoms with Crippen LogP contribution in [0, 0.1) is 17.8 Å². The predicted octanol–water partition coefficient (Wildman–Crippen LogP) is 1.83. The quantitative estimate of drug-likeness (QED) is 0.722. The zero-order chi connectivity index (χ0) is 16.5. The van der Waals surface area contributed by atoms with E-state index in [2.05, 4.69) is 12.2 Å². The summed E-state index contributed by atoms with van der Waals surface area (Å²) in [5.74, 6) is 1.32. The predicted molar refractivity (Wildman–Crippen MR) is 90.2 cm³/mol. The van der Waals surface area contributed by atoms with Crippen molar-refractivity contribution in [2.45, 2.75) is 44.6 Å². The van der Waals surface area contributed by atoms with Gasteiger partial charge in [0.2, 0.25) is 11.8 Å². The van der Waals surface area contributed by atoms with Crippen molar-refractivity contribution < 1.29 is 14.3 Å². The molecule has 2 bridgehead atoms. The fourth-order valence-electron chi connectivity index (χ4n) is 4.80. The number of nitrogens with zero attached hydrogens (tertiary/aromatic N) is 2.